The predicted octanol–water partition coefficient (Wildman–Crippen LogP) is 2.78. The highest BCUT2D eigenvalue weighted by Crippen LogP contribution is 2.59. The second-order valence-electron chi connectivity index (χ2n) is 8.04. The second-order valence-corrected chi connectivity index (χ2v) is 8.04. The number of hydrogen-bond donors (Lipinski definition) is 0. The molecule has 1 aromatic heterocycles. The number of allylic oxidation sites excluding steroid dienone is 1. The van der Waals surface area contributed by atoms with Crippen molar-refractivity contribution in [2.24, 2.45) is 18.4 Å². The van der Waals surface area contributed by atoms with Gasteiger partial charge in [-0.25, -0.2) is 0 Å². The van der Waals surface area contributed by atoms with Gasteiger partial charge in [0.15, 0.2) is 0 Å². The van der Waals surface area contributed by atoms with Crippen LogP contribution in [0.1, 0.15) is 30.6 Å². The van der Waals surface area contributed by atoms with Crippen LogP contribution < -0.4 is 0 Å². The summed E-state index contributed by atoms with van der Waals surface area (Å²) in [5.74, 6) is -0.475. The minimum atomic E-state index is -1.11. The normalized spacial score (nSPS) is 35.3. The van der Waals surface area contributed by atoms with Gasteiger partial charge in [-0.15, -0.1) is 0 Å². The van der Waals surface area contributed by atoms with E-state index in [4.69, 9.17) is 4.74 Å². The molecule has 1 aromatic carbocycles. The van der Waals surface area contributed by atoms with Crippen molar-refractivity contribution < 1.29 is 14.3 Å². The minimum Gasteiger partial charge on any atom is -0.468 e. The number of carbonyl (C=O) groups is 2. The first kappa shape index (κ1) is 16.8. The van der Waals surface area contributed by atoms with Gasteiger partial charge in [0.05, 0.1) is 13.2 Å². The van der Waals surface area contributed by atoms with Crippen LogP contribution in [0.2, 0.25) is 0 Å². The van der Waals surface area contributed by atoms with Gasteiger partial charge in [-0.2, -0.15) is 0 Å². The third-order valence-electron chi connectivity index (χ3n) is 7.28. The van der Waals surface area contributed by atoms with Crippen LogP contribution >= 0.6 is 0 Å². The minimum absolute atomic E-state index is 0.0846. The average Bonchev–Trinajstić information content (AvgIpc) is 3.00. The number of aldehydes is 1. The molecular weight excluding hydrogens is 340 g/mol. The largest absolute Gasteiger partial charge is 0.468 e. The Balaban J connectivity index is 1.77. The zero-order chi connectivity index (χ0) is 18.9. The molecule has 2 aromatic rings. The fraction of sp³-hybridized carbons (Fsp3) is 0.455. The molecule has 4 aliphatic rings. The Kier molecular flexibility index (Phi) is 3.44. The van der Waals surface area contributed by atoms with E-state index in [0.29, 0.717) is 6.42 Å². The number of benzene rings is 1. The fourth-order valence-electron chi connectivity index (χ4n) is 6.11. The van der Waals surface area contributed by atoms with E-state index in [1.807, 2.05) is 6.92 Å². The van der Waals surface area contributed by atoms with Crippen molar-refractivity contribution in [1.29, 1.82) is 0 Å². The van der Waals surface area contributed by atoms with Crippen LogP contribution in [0, 0.1) is 11.3 Å². The van der Waals surface area contributed by atoms with Crippen molar-refractivity contribution in [1.82, 2.24) is 9.47 Å². The Morgan fingerprint density at radius 2 is 2.11 bits per heavy atom. The van der Waals surface area contributed by atoms with E-state index in [1.54, 1.807) is 0 Å². The molecule has 5 nitrogen and oxygen atoms in total. The number of nitrogens with zero attached hydrogens (tertiary/aromatic N) is 2. The van der Waals surface area contributed by atoms with Crippen molar-refractivity contribution in [2.45, 2.75) is 31.8 Å². The van der Waals surface area contributed by atoms with E-state index in [1.165, 1.54) is 34.8 Å². The van der Waals surface area contributed by atoms with E-state index in [2.05, 4.69) is 46.9 Å². The van der Waals surface area contributed by atoms with Crippen LogP contribution in [0.15, 0.2) is 35.9 Å². The first-order chi connectivity index (χ1) is 13.1. The molecule has 3 saturated heterocycles. The number of para-hydroxylation sites is 1. The van der Waals surface area contributed by atoms with Crippen molar-refractivity contribution in [3.05, 3.63) is 47.2 Å². The lowest BCUT2D eigenvalue weighted by Gasteiger charge is -2.61. The van der Waals surface area contributed by atoms with Gasteiger partial charge < -0.3 is 14.1 Å². The molecule has 3 fully saturated rings. The summed E-state index contributed by atoms with van der Waals surface area (Å²) >= 11 is 0. The summed E-state index contributed by atoms with van der Waals surface area (Å²) in [6, 6.07) is 8.52. The van der Waals surface area contributed by atoms with Gasteiger partial charge in [-0.3, -0.25) is 9.69 Å². The zero-order valence-electron chi connectivity index (χ0n) is 15.9. The van der Waals surface area contributed by atoms with Crippen LogP contribution in [0.25, 0.3) is 10.9 Å². The Hall–Kier alpha value is -2.40. The molecule has 0 aliphatic carbocycles. The summed E-state index contributed by atoms with van der Waals surface area (Å²) < 4.78 is 7.48. The summed E-state index contributed by atoms with van der Waals surface area (Å²) in [5, 5.41) is 1.24. The maximum Gasteiger partial charge on any atom is 0.321 e. The number of rotatable bonds is 2. The number of fused-ring (bicyclic) bond motifs is 4. The Morgan fingerprint density at radius 1 is 1.33 bits per heavy atom. The Bertz CT molecular complexity index is 1000. The molecule has 4 aliphatic heterocycles. The Labute approximate surface area is 158 Å². The molecule has 5 unspecified atom stereocenters. The molecule has 140 valence electrons. The number of esters is 1. The molecule has 4 bridgehead atoms. The number of ether oxygens (including phenoxy) is 1. The van der Waals surface area contributed by atoms with Crippen LogP contribution in [0.3, 0.4) is 0 Å². The molecule has 0 amide bonds. The third-order valence-corrected chi connectivity index (χ3v) is 7.28. The van der Waals surface area contributed by atoms with E-state index in [9.17, 15) is 9.59 Å². The van der Waals surface area contributed by atoms with E-state index in [-0.39, 0.29) is 18.0 Å². The summed E-state index contributed by atoms with van der Waals surface area (Å²) in [5.41, 5.74) is 3.92. The van der Waals surface area contributed by atoms with Crippen LogP contribution in [0.5, 0.6) is 0 Å². The summed E-state index contributed by atoms with van der Waals surface area (Å²) in [6.07, 6.45) is 4.45. The topological polar surface area (TPSA) is 51.5 Å². The van der Waals surface area contributed by atoms with E-state index in [0.717, 1.165) is 19.3 Å². The van der Waals surface area contributed by atoms with Crippen LogP contribution in [-0.4, -0.2) is 41.4 Å². The molecule has 0 N–H and O–H groups in total. The molecular formula is C22H24N2O3. The summed E-state index contributed by atoms with van der Waals surface area (Å²) in [7, 11) is 3.53. The highest BCUT2D eigenvalue weighted by atomic mass is 16.5. The maximum atomic E-state index is 12.9. The predicted molar refractivity (Wildman–Crippen MR) is 102 cm³/mol. The quantitative estimate of drug-likeness (QED) is 0.356. The lowest BCUT2D eigenvalue weighted by atomic mass is 9.55. The number of methoxy groups -OCH3 is 1. The summed E-state index contributed by atoms with van der Waals surface area (Å²) in [6.45, 7) is 2.83. The van der Waals surface area contributed by atoms with Gasteiger partial charge in [0.1, 0.15) is 11.7 Å². The molecule has 5 heterocycles. The first-order valence-corrected chi connectivity index (χ1v) is 9.60. The number of hydrogen-bond acceptors (Lipinski definition) is 4. The highest BCUT2D eigenvalue weighted by Gasteiger charge is 2.65. The standard InChI is InChI=1S/C22H24N2O3/c1-4-13-11-24-18-10-16(13)22(12-25,21(26)27-3)19(24)9-15-14-7-5-6-8-17(14)23(2)20(15)18/h4-8,12,16,18-19H,9-11H2,1-3H3. The van der Waals surface area contributed by atoms with Crippen LogP contribution in [-0.2, 0) is 27.8 Å². The van der Waals surface area contributed by atoms with Gasteiger partial charge in [0.2, 0.25) is 0 Å². The number of piperidine rings is 3. The summed E-state index contributed by atoms with van der Waals surface area (Å²) in [4.78, 5) is 27.8. The van der Waals surface area contributed by atoms with Crippen molar-refractivity contribution in [3.63, 3.8) is 0 Å². The molecule has 0 spiro atoms. The van der Waals surface area contributed by atoms with E-state index < -0.39 is 11.4 Å². The Morgan fingerprint density at radius 3 is 2.81 bits per heavy atom. The zero-order valence-corrected chi connectivity index (χ0v) is 15.9. The monoisotopic (exact) mass is 364 g/mol. The van der Waals surface area contributed by atoms with Crippen molar-refractivity contribution >= 4 is 23.2 Å². The van der Waals surface area contributed by atoms with Gasteiger partial charge in [-0.1, -0.05) is 29.8 Å². The molecule has 6 rings (SSSR count). The van der Waals surface area contributed by atoms with Gasteiger partial charge >= 0.3 is 5.97 Å². The molecule has 27 heavy (non-hydrogen) atoms. The van der Waals surface area contributed by atoms with E-state index >= 15 is 0 Å². The molecule has 0 radical (unpaired) electrons. The van der Waals surface area contributed by atoms with Gasteiger partial charge in [0, 0.05) is 42.1 Å². The van der Waals surface area contributed by atoms with Crippen molar-refractivity contribution in [2.75, 3.05) is 13.7 Å². The van der Waals surface area contributed by atoms with Gasteiger partial charge in [0.25, 0.3) is 0 Å². The van der Waals surface area contributed by atoms with Crippen molar-refractivity contribution in [3.8, 4) is 0 Å². The number of aromatic nitrogens is 1. The number of aryl methyl sites for hydroxylation is 1. The smallest absolute Gasteiger partial charge is 0.321 e. The first-order valence-electron chi connectivity index (χ1n) is 9.60. The average molecular weight is 364 g/mol. The lowest BCUT2D eigenvalue weighted by Crippen LogP contribution is -2.69. The van der Waals surface area contributed by atoms with Crippen LogP contribution in [0.4, 0.5) is 0 Å². The highest BCUT2D eigenvalue weighted by molar-refractivity contribution is 5.96. The molecule has 5 heteroatoms. The number of carbonyl (C=O) groups excluding carboxylic acids is 2. The SMILES string of the molecule is CC=C1CN2C3CC1C(C=O)(C(=O)OC)C2Cc1c3n(C)c2ccccc12. The molecule has 0 saturated carbocycles. The maximum absolute atomic E-state index is 12.9. The molecule has 5 atom stereocenters. The second kappa shape index (κ2) is 5.55. The third kappa shape index (κ3) is 1.83. The van der Waals surface area contributed by atoms with Gasteiger partial charge in [-0.05, 0) is 31.4 Å². The fourth-order valence-corrected chi connectivity index (χ4v) is 6.11. The lowest BCUT2D eigenvalue weighted by molar-refractivity contribution is -0.176.